The first-order chi connectivity index (χ1) is 12.0. The van der Waals surface area contributed by atoms with Crippen molar-refractivity contribution in [2.75, 3.05) is 17.8 Å². The molecule has 1 aliphatic heterocycles. The summed E-state index contributed by atoms with van der Waals surface area (Å²) in [5, 5.41) is 6.24. The summed E-state index contributed by atoms with van der Waals surface area (Å²) in [6, 6.07) is 14.7. The minimum Gasteiger partial charge on any atom is -0.348 e. The molecule has 1 atom stereocenters. The third-order valence-electron chi connectivity index (χ3n) is 4.08. The number of benzene rings is 2. The molecule has 1 amide bonds. The number of carbonyl (C=O) groups excluding carboxylic acids is 1. The van der Waals surface area contributed by atoms with Crippen LogP contribution >= 0.6 is 0 Å². The third-order valence-corrected chi connectivity index (χ3v) is 5.48. The molecule has 7 heteroatoms. The minimum atomic E-state index is -3.63. The van der Waals surface area contributed by atoms with E-state index >= 15 is 0 Å². The van der Waals surface area contributed by atoms with Crippen LogP contribution in [0.1, 0.15) is 23.2 Å². The molecule has 132 valence electrons. The van der Waals surface area contributed by atoms with Crippen LogP contribution in [0, 0.1) is 0 Å². The van der Waals surface area contributed by atoms with Crippen molar-refractivity contribution in [1.82, 2.24) is 10.6 Å². The first-order valence-electron chi connectivity index (χ1n) is 8.24. The Morgan fingerprint density at radius 1 is 1.04 bits per heavy atom. The normalized spacial score (nSPS) is 17.7. The minimum absolute atomic E-state index is 0.137. The molecule has 0 unspecified atom stereocenters. The summed E-state index contributed by atoms with van der Waals surface area (Å²) in [5.74, 6) is -0.147. The largest absolute Gasteiger partial charge is 0.348 e. The van der Waals surface area contributed by atoms with Crippen LogP contribution in [0.15, 0.2) is 59.5 Å². The van der Waals surface area contributed by atoms with E-state index in [-0.39, 0.29) is 16.8 Å². The Morgan fingerprint density at radius 2 is 1.76 bits per heavy atom. The maximum atomic E-state index is 12.3. The summed E-state index contributed by atoms with van der Waals surface area (Å²) in [5.41, 5.74) is 0.924. The number of nitrogens with one attached hydrogen (secondary N) is 3. The molecule has 3 N–H and O–H groups in total. The molecule has 0 saturated carbocycles. The lowest BCUT2D eigenvalue weighted by atomic mass is 10.1. The van der Waals surface area contributed by atoms with Crippen molar-refractivity contribution < 1.29 is 13.2 Å². The molecule has 6 nitrogen and oxygen atoms in total. The molecule has 0 radical (unpaired) electrons. The van der Waals surface area contributed by atoms with Crippen LogP contribution in [0.3, 0.4) is 0 Å². The van der Waals surface area contributed by atoms with Gasteiger partial charge >= 0.3 is 0 Å². The topological polar surface area (TPSA) is 87.3 Å². The van der Waals surface area contributed by atoms with Crippen molar-refractivity contribution in [3.63, 3.8) is 0 Å². The second-order valence-electron chi connectivity index (χ2n) is 6.01. The summed E-state index contributed by atoms with van der Waals surface area (Å²) >= 11 is 0. The number of rotatable bonds is 5. The van der Waals surface area contributed by atoms with Crippen LogP contribution < -0.4 is 15.4 Å². The van der Waals surface area contributed by atoms with E-state index in [1.807, 2.05) is 0 Å². The van der Waals surface area contributed by atoms with Crippen molar-refractivity contribution >= 4 is 21.6 Å². The monoisotopic (exact) mass is 359 g/mol. The highest BCUT2D eigenvalue weighted by Gasteiger charge is 2.17. The molecule has 2 aromatic carbocycles. The number of amides is 1. The summed E-state index contributed by atoms with van der Waals surface area (Å²) in [6.45, 7) is 1.77. The Morgan fingerprint density at radius 3 is 2.40 bits per heavy atom. The number of anilines is 1. The summed E-state index contributed by atoms with van der Waals surface area (Å²) < 4.78 is 27.1. The molecule has 1 saturated heterocycles. The molecule has 0 aromatic heterocycles. The van der Waals surface area contributed by atoms with Gasteiger partial charge < -0.3 is 10.6 Å². The highest BCUT2D eigenvalue weighted by atomic mass is 32.2. The van der Waals surface area contributed by atoms with E-state index in [4.69, 9.17) is 0 Å². The third kappa shape index (κ3) is 4.58. The number of hydrogen-bond acceptors (Lipinski definition) is 4. The smallest absolute Gasteiger partial charge is 0.261 e. The van der Waals surface area contributed by atoms with Gasteiger partial charge in [0, 0.05) is 23.8 Å². The number of hydrogen-bond donors (Lipinski definition) is 3. The average molecular weight is 359 g/mol. The molecule has 25 heavy (non-hydrogen) atoms. The summed E-state index contributed by atoms with van der Waals surface area (Å²) in [7, 11) is -3.63. The van der Waals surface area contributed by atoms with Crippen molar-refractivity contribution in [2.24, 2.45) is 0 Å². The molecule has 1 aliphatic rings. The lowest BCUT2D eigenvalue weighted by Crippen LogP contribution is -2.45. The van der Waals surface area contributed by atoms with E-state index in [1.165, 1.54) is 12.1 Å². The standard InChI is InChI=1S/C18H21N3O3S/c22-18(20-16-5-4-12-19-13-16)14-8-10-15(11-9-14)21-25(23,24)17-6-2-1-3-7-17/h1-3,6-11,16,19,21H,4-5,12-13H2,(H,20,22)/t16-/m0/s1. The fourth-order valence-electron chi connectivity index (χ4n) is 2.75. The second kappa shape index (κ2) is 7.67. The first-order valence-corrected chi connectivity index (χ1v) is 9.72. The lowest BCUT2D eigenvalue weighted by molar-refractivity contribution is 0.0930. The predicted octanol–water partition coefficient (Wildman–Crippen LogP) is 1.97. The van der Waals surface area contributed by atoms with Gasteiger partial charge in [0.1, 0.15) is 0 Å². The molecule has 2 aromatic rings. The highest BCUT2D eigenvalue weighted by Crippen LogP contribution is 2.16. The zero-order chi connectivity index (χ0) is 17.7. The predicted molar refractivity (Wildman–Crippen MR) is 97.1 cm³/mol. The van der Waals surface area contributed by atoms with Crippen molar-refractivity contribution in [3.8, 4) is 0 Å². The fraction of sp³-hybridized carbons (Fsp3) is 0.278. The van der Waals surface area contributed by atoms with E-state index in [2.05, 4.69) is 15.4 Å². The van der Waals surface area contributed by atoms with Crippen LogP contribution in [0.4, 0.5) is 5.69 Å². The van der Waals surface area contributed by atoms with Gasteiger partial charge in [-0.05, 0) is 55.8 Å². The van der Waals surface area contributed by atoms with Gasteiger partial charge in [0.05, 0.1) is 4.90 Å². The molecule has 3 rings (SSSR count). The summed E-state index contributed by atoms with van der Waals surface area (Å²) in [6.07, 6.45) is 2.01. The molecular formula is C18H21N3O3S. The molecular weight excluding hydrogens is 338 g/mol. The maximum Gasteiger partial charge on any atom is 0.261 e. The average Bonchev–Trinajstić information content (AvgIpc) is 2.63. The van der Waals surface area contributed by atoms with Gasteiger partial charge in [0.15, 0.2) is 0 Å². The molecule has 1 heterocycles. The van der Waals surface area contributed by atoms with Gasteiger partial charge in [-0.25, -0.2) is 8.42 Å². The van der Waals surface area contributed by atoms with Gasteiger partial charge in [-0.2, -0.15) is 0 Å². The fourth-order valence-corrected chi connectivity index (χ4v) is 3.83. The Bertz CT molecular complexity index is 814. The van der Waals surface area contributed by atoms with Gasteiger partial charge in [0.2, 0.25) is 0 Å². The van der Waals surface area contributed by atoms with Crippen molar-refractivity contribution in [2.45, 2.75) is 23.8 Å². The Labute approximate surface area is 147 Å². The van der Waals surface area contributed by atoms with Crippen LogP contribution in [0.5, 0.6) is 0 Å². The van der Waals surface area contributed by atoms with Gasteiger partial charge in [-0.1, -0.05) is 18.2 Å². The molecule has 0 aliphatic carbocycles. The second-order valence-corrected chi connectivity index (χ2v) is 7.70. The molecule has 0 spiro atoms. The van der Waals surface area contributed by atoms with Crippen LogP contribution in [-0.4, -0.2) is 33.5 Å². The van der Waals surface area contributed by atoms with E-state index in [1.54, 1.807) is 42.5 Å². The Kier molecular flexibility index (Phi) is 5.35. The zero-order valence-corrected chi connectivity index (χ0v) is 14.6. The Balaban J connectivity index is 1.65. The number of sulfonamides is 1. The van der Waals surface area contributed by atoms with Gasteiger partial charge in [0.25, 0.3) is 15.9 Å². The van der Waals surface area contributed by atoms with Crippen LogP contribution in [0.25, 0.3) is 0 Å². The quantitative estimate of drug-likeness (QED) is 0.762. The van der Waals surface area contributed by atoms with E-state index in [0.29, 0.717) is 11.3 Å². The summed E-state index contributed by atoms with van der Waals surface area (Å²) in [4.78, 5) is 12.4. The van der Waals surface area contributed by atoms with Gasteiger partial charge in [-0.15, -0.1) is 0 Å². The zero-order valence-electron chi connectivity index (χ0n) is 13.7. The van der Waals surface area contributed by atoms with Crippen molar-refractivity contribution in [3.05, 3.63) is 60.2 Å². The first kappa shape index (κ1) is 17.4. The number of piperidine rings is 1. The van der Waals surface area contributed by atoms with E-state index in [0.717, 1.165) is 25.9 Å². The van der Waals surface area contributed by atoms with Crippen molar-refractivity contribution in [1.29, 1.82) is 0 Å². The van der Waals surface area contributed by atoms with Gasteiger partial charge in [-0.3, -0.25) is 9.52 Å². The van der Waals surface area contributed by atoms with E-state index in [9.17, 15) is 13.2 Å². The lowest BCUT2D eigenvalue weighted by Gasteiger charge is -2.23. The Hall–Kier alpha value is -2.38. The van der Waals surface area contributed by atoms with Crippen LogP contribution in [0.2, 0.25) is 0 Å². The maximum absolute atomic E-state index is 12.3. The highest BCUT2D eigenvalue weighted by molar-refractivity contribution is 7.92. The number of carbonyl (C=O) groups is 1. The molecule has 0 bridgehead atoms. The SMILES string of the molecule is O=C(N[C@H]1CCCNC1)c1ccc(NS(=O)(=O)c2ccccc2)cc1. The molecule has 1 fully saturated rings. The van der Waals surface area contributed by atoms with E-state index < -0.39 is 10.0 Å². The van der Waals surface area contributed by atoms with Crippen LogP contribution in [-0.2, 0) is 10.0 Å².